The molecule has 0 unspecified atom stereocenters. The number of nitrogens with one attached hydrogen (secondary N) is 1. The van der Waals surface area contributed by atoms with Gasteiger partial charge in [-0.1, -0.05) is 26.1 Å². The highest BCUT2D eigenvalue weighted by molar-refractivity contribution is 7.80. The summed E-state index contributed by atoms with van der Waals surface area (Å²) >= 11 is 5.08. The summed E-state index contributed by atoms with van der Waals surface area (Å²) in [5, 5.41) is 3.40. The number of nitrogens with two attached hydrogens (primary N) is 1. The highest BCUT2D eigenvalue weighted by Gasteiger charge is 2.10. The molecule has 1 rings (SSSR count). The fourth-order valence-corrected chi connectivity index (χ4v) is 2.03. The van der Waals surface area contributed by atoms with Gasteiger partial charge in [-0.3, -0.25) is 4.98 Å². The average molecular weight is 251 g/mol. The van der Waals surface area contributed by atoms with Crippen LogP contribution in [0.3, 0.4) is 0 Å². The lowest BCUT2D eigenvalue weighted by molar-refractivity contribution is 0.607. The van der Waals surface area contributed by atoms with Crippen LogP contribution in [0.15, 0.2) is 6.07 Å². The number of anilines is 1. The Morgan fingerprint density at radius 2 is 2.12 bits per heavy atom. The molecule has 94 valence electrons. The summed E-state index contributed by atoms with van der Waals surface area (Å²) in [6.07, 6.45) is 1.12. The van der Waals surface area contributed by atoms with Gasteiger partial charge in [0, 0.05) is 23.6 Å². The summed E-state index contributed by atoms with van der Waals surface area (Å²) in [7, 11) is 0. The van der Waals surface area contributed by atoms with E-state index in [4.69, 9.17) is 18.0 Å². The van der Waals surface area contributed by atoms with Crippen molar-refractivity contribution in [1.29, 1.82) is 0 Å². The third kappa shape index (κ3) is 3.97. The maximum absolute atomic E-state index is 5.75. The summed E-state index contributed by atoms with van der Waals surface area (Å²) in [6, 6.07) is 2.00. The van der Waals surface area contributed by atoms with E-state index in [2.05, 4.69) is 24.1 Å². The molecule has 1 aromatic rings. The van der Waals surface area contributed by atoms with Gasteiger partial charge in [0.05, 0.1) is 5.56 Å². The van der Waals surface area contributed by atoms with Crippen LogP contribution in [-0.4, -0.2) is 16.5 Å². The van der Waals surface area contributed by atoms with E-state index in [0.717, 1.165) is 35.6 Å². The molecule has 0 saturated carbocycles. The lowest BCUT2D eigenvalue weighted by Crippen LogP contribution is -2.17. The highest BCUT2D eigenvalue weighted by Crippen LogP contribution is 2.20. The largest absolute Gasteiger partial charge is 0.389 e. The van der Waals surface area contributed by atoms with E-state index >= 15 is 0 Å². The minimum absolute atomic E-state index is 0.405. The Bertz CT molecular complexity index is 413. The van der Waals surface area contributed by atoms with E-state index in [1.165, 1.54) is 0 Å². The monoisotopic (exact) mass is 251 g/mol. The third-order valence-corrected chi connectivity index (χ3v) is 2.82. The Balaban J connectivity index is 2.92. The molecule has 3 nitrogen and oxygen atoms in total. The van der Waals surface area contributed by atoms with Crippen LogP contribution in [0.25, 0.3) is 0 Å². The first-order chi connectivity index (χ1) is 7.91. The number of pyridine rings is 1. The molecule has 1 heterocycles. The van der Waals surface area contributed by atoms with Crippen molar-refractivity contribution in [1.82, 2.24) is 4.98 Å². The van der Waals surface area contributed by atoms with Gasteiger partial charge in [-0.25, -0.2) is 0 Å². The van der Waals surface area contributed by atoms with Crippen molar-refractivity contribution in [3.8, 4) is 0 Å². The van der Waals surface area contributed by atoms with Crippen LogP contribution in [-0.2, 0) is 0 Å². The zero-order valence-electron chi connectivity index (χ0n) is 11.0. The summed E-state index contributed by atoms with van der Waals surface area (Å²) in [5.41, 5.74) is 9.50. The molecule has 0 spiro atoms. The smallest absolute Gasteiger partial charge is 0.107 e. The molecule has 0 aliphatic rings. The van der Waals surface area contributed by atoms with Crippen molar-refractivity contribution in [2.45, 2.75) is 34.1 Å². The van der Waals surface area contributed by atoms with Gasteiger partial charge in [0.15, 0.2) is 0 Å². The minimum Gasteiger partial charge on any atom is -0.389 e. The quantitative estimate of drug-likeness (QED) is 0.790. The van der Waals surface area contributed by atoms with E-state index in [-0.39, 0.29) is 0 Å². The summed E-state index contributed by atoms with van der Waals surface area (Å²) in [4.78, 5) is 4.80. The molecule has 0 aliphatic heterocycles. The van der Waals surface area contributed by atoms with E-state index < -0.39 is 0 Å². The second kappa shape index (κ2) is 5.96. The first kappa shape index (κ1) is 13.9. The van der Waals surface area contributed by atoms with Crippen LogP contribution in [0.2, 0.25) is 0 Å². The molecule has 0 bridgehead atoms. The number of aromatic nitrogens is 1. The summed E-state index contributed by atoms with van der Waals surface area (Å²) < 4.78 is 0. The van der Waals surface area contributed by atoms with E-state index in [1.807, 2.05) is 19.9 Å². The number of hydrogen-bond donors (Lipinski definition) is 2. The molecule has 0 saturated heterocycles. The Labute approximate surface area is 109 Å². The molecule has 1 aromatic heterocycles. The van der Waals surface area contributed by atoms with Gasteiger partial charge in [-0.15, -0.1) is 0 Å². The van der Waals surface area contributed by atoms with Gasteiger partial charge >= 0.3 is 0 Å². The predicted octanol–water partition coefficient (Wildman–Crippen LogP) is 2.79. The Morgan fingerprint density at radius 3 is 2.65 bits per heavy atom. The molecule has 0 aromatic carbocycles. The molecule has 3 N–H and O–H groups in total. The number of thiocarbonyl (C=S) groups is 1. The Hall–Kier alpha value is -1.16. The molecule has 4 heteroatoms. The molecule has 17 heavy (non-hydrogen) atoms. The molecule has 0 amide bonds. The van der Waals surface area contributed by atoms with Crippen molar-refractivity contribution in [2.24, 2.45) is 11.7 Å². The lowest BCUT2D eigenvalue weighted by atomic mass is 10.1. The first-order valence-corrected chi connectivity index (χ1v) is 6.34. The van der Waals surface area contributed by atoms with Gasteiger partial charge in [-0.2, -0.15) is 0 Å². The number of nitrogens with zero attached hydrogens (tertiary/aromatic N) is 1. The second-order valence-corrected chi connectivity index (χ2v) is 5.18. The van der Waals surface area contributed by atoms with Crippen LogP contribution >= 0.6 is 12.2 Å². The maximum atomic E-state index is 5.75. The molecular formula is C13H21N3S. The SMILES string of the molecule is Cc1cc(NCCC(C)C)c(C(N)=S)c(C)n1. The van der Waals surface area contributed by atoms with Gasteiger partial charge in [0.2, 0.25) is 0 Å². The Morgan fingerprint density at radius 1 is 1.47 bits per heavy atom. The van der Waals surface area contributed by atoms with Crippen LogP contribution < -0.4 is 11.1 Å². The topological polar surface area (TPSA) is 50.9 Å². The molecular weight excluding hydrogens is 230 g/mol. The van der Waals surface area contributed by atoms with Gasteiger partial charge in [-0.05, 0) is 32.3 Å². The zero-order chi connectivity index (χ0) is 13.0. The Kier molecular flexibility index (Phi) is 4.87. The van der Waals surface area contributed by atoms with Crippen molar-refractivity contribution in [3.63, 3.8) is 0 Å². The number of rotatable bonds is 5. The van der Waals surface area contributed by atoms with Crippen molar-refractivity contribution in [2.75, 3.05) is 11.9 Å². The van der Waals surface area contributed by atoms with Crippen molar-refractivity contribution < 1.29 is 0 Å². The summed E-state index contributed by atoms with van der Waals surface area (Å²) in [6.45, 7) is 9.26. The zero-order valence-corrected chi connectivity index (χ0v) is 11.8. The van der Waals surface area contributed by atoms with Crippen molar-refractivity contribution in [3.05, 3.63) is 23.0 Å². The molecule has 0 fully saturated rings. The molecule has 0 aliphatic carbocycles. The van der Waals surface area contributed by atoms with Crippen LogP contribution in [0.1, 0.15) is 37.2 Å². The van der Waals surface area contributed by atoms with Crippen LogP contribution in [0.5, 0.6) is 0 Å². The van der Waals surface area contributed by atoms with Gasteiger partial charge < -0.3 is 11.1 Å². The predicted molar refractivity (Wildman–Crippen MR) is 77.5 cm³/mol. The van der Waals surface area contributed by atoms with E-state index in [0.29, 0.717) is 10.9 Å². The molecule has 0 atom stereocenters. The van der Waals surface area contributed by atoms with Gasteiger partial charge in [0.1, 0.15) is 4.99 Å². The number of aryl methyl sites for hydroxylation is 2. The fraction of sp³-hybridized carbons (Fsp3) is 0.538. The van der Waals surface area contributed by atoms with E-state index in [1.54, 1.807) is 0 Å². The van der Waals surface area contributed by atoms with Crippen LogP contribution in [0, 0.1) is 19.8 Å². The maximum Gasteiger partial charge on any atom is 0.107 e. The highest BCUT2D eigenvalue weighted by atomic mass is 32.1. The lowest BCUT2D eigenvalue weighted by Gasteiger charge is -2.15. The van der Waals surface area contributed by atoms with E-state index in [9.17, 15) is 0 Å². The fourth-order valence-electron chi connectivity index (χ4n) is 1.77. The minimum atomic E-state index is 0.405. The third-order valence-electron chi connectivity index (χ3n) is 2.61. The standard InChI is InChI=1S/C13H21N3S/c1-8(2)5-6-15-11-7-9(3)16-10(4)12(11)13(14)17/h7-8H,5-6H2,1-4H3,(H2,14,17)(H,15,16). The first-order valence-electron chi connectivity index (χ1n) is 5.93. The normalized spacial score (nSPS) is 10.6. The molecule has 0 radical (unpaired) electrons. The average Bonchev–Trinajstić information content (AvgIpc) is 2.14. The van der Waals surface area contributed by atoms with Crippen LogP contribution in [0.4, 0.5) is 5.69 Å². The number of hydrogen-bond acceptors (Lipinski definition) is 3. The summed E-state index contributed by atoms with van der Waals surface area (Å²) in [5.74, 6) is 0.680. The van der Waals surface area contributed by atoms with Gasteiger partial charge in [0.25, 0.3) is 0 Å². The van der Waals surface area contributed by atoms with Crippen molar-refractivity contribution >= 4 is 22.9 Å². The second-order valence-electron chi connectivity index (χ2n) is 4.75.